The summed E-state index contributed by atoms with van der Waals surface area (Å²) in [5.74, 6) is 0. The van der Waals surface area contributed by atoms with Crippen LogP contribution < -0.4 is 0 Å². The summed E-state index contributed by atoms with van der Waals surface area (Å²) in [6.45, 7) is 6.61. The Hall–Kier alpha value is -0.553. The van der Waals surface area contributed by atoms with E-state index >= 15 is 0 Å². The van der Waals surface area contributed by atoms with Crippen molar-refractivity contribution >= 4 is 14.5 Å². The van der Waals surface area contributed by atoms with Gasteiger partial charge in [0.15, 0.2) is 8.32 Å². The molecule has 4 nitrogen and oxygen atoms in total. The molecule has 0 aromatic carbocycles. The number of carbonyl (C=O) groups excluding carboxylic acids is 1. The van der Waals surface area contributed by atoms with Gasteiger partial charge >= 0.3 is 6.16 Å². The number of hydrogen-bond donors (Lipinski definition) is 0. The summed E-state index contributed by atoms with van der Waals surface area (Å²) in [5, 5.41) is 0. The summed E-state index contributed by atoms with van der Waals surface area (Å²) in [7, 11) is -0.0238. The van der Waals surface area contributed by atoms with E-state index in [1.165, 1.54) is 0 Å². The maximum atomic E-state index is 10.7. The number of rotatable bonds is 3. The molecule has 0 aromatic rings. The second kappa shape index (κ2) is 3.67. The topological polar surface area (TPSA) is 44.8 Å². The molecule has 1 fully saturated rings. The zero-order valence-corrected chi connectivity index (χ0v) is 9.49. The zero-order valence-electron chi connectivity index (χ0n) is 8.49. The van der Waals surface area contributed by atoms with E-state index in [1.54, 1.807) is 7.11 Å². The van der Waals surface area contributed by atoms with Crippen molar-refractivity contribution < 1.29 is 18.7 Å². The predicted molar refractivity (Wildman–Crippen MR) is 50.1 cm³/mol. The van der Waals surface area contributed by atoms with Crippen LogP contribution >= 0.6 is 0 Å². The summed E-state index contributed by atoms with van der Waals surface area (Å²) >= 11 is 0. The molecule has 0 aromatic heterocycles. The molecular weight excluding hydrogens is 188 g/mol. The first-order chi connectivity index (χ1) is 5.97. The Morgan fingerprint density at radius 2 is 2.23 bits per heavy atom. The van der Waals surface area contributed by atoms with Gasteiger partial charge in [0.25, 0.3) is 0 Å². The highest BCUT2D eigenvalue weighted by Gasteiger charge is 2.40. The second-order valence-corrected chi connectivity index (χ2v) is 8.34. The highest BCUT2D eigenvalue weighted by atomic mass is 28.4. The van der Waals surface area contributed by atoms with E-state index < -0.39 is 14.5 Å². The van der Waals surface area contributed by atoms with E-state index in [1.807, 2.05) is 6.92 Å². The molecule has 0 saturated carbocycles. The molecule has 76 valence electrons. The van der Waals surface area contributed by atoms with Gasteiger partial charge < -0.3 is 13.9 Å². The zero-order chi connectivity index (χ0) is 10.1. The SMILES string of the molecule is CO[Si](C)(C)C(C)C1COC(=O)O1. The van der Waals surface area contributed by atoms with Crippen molar-refractivity contribution in [3.63, 3.8) is 0 Å². The smallest absolute Gasteiger partial charge is 0.430 e. The molecule has 0 amide bonds. The Labute approximate surface area is 79.3 Å². The molecule has 1 rings (SSSR count). The highest BCUT2D eigenvalue weighted by molar-refractivity contribution is 6.72. The van der Waals surface area contributed by atoms with Gasteiger partial charge in [-0.05, 0) is 13.1 Å². The molecule has 0 radical (unpaired) electrons. The molecule has 0 spiro atoms. The number of hydrogen-bond acceptors (Lipinski definition) is 4. The average Bonchev–Trinajstić information content (AvgIpc) is 2.50. The van der Waals surface area contributed by atoms with Crippen LogP contribution in [0, 0.1) is 0 Å². The van der Waals surface area contributed by atoms with Gasteiger partial charge in [-0.25, -0.2) is 4.79 Å². The first kappa shape index (κ1) is 10.5. The summed E-state index contributed by atoms with van der Waals surface area (Å²) in [6.07, 6.45) is -0.688. The van der Waals surface area contributed by atoms with Gasteiger partial charge in [0.1, 0.15) is 12.7 Å². The summed E-state index contributed by atoms with van der Waals surface area (Å²) in [5.41, 5.74) is 0.254. The maximum absolute atomic E-state index is 10.7. The molecule has 0 N–H and O–H groups in total. The first-order valence-corrected chi connectivity index (χ1v) is 7.34. The fraction of sp³-hybridized carbons (Fsp3) is 0.875. The first-order valence-electron chi connectivity index (χ1n) is 4.36. The van der Waals surface area contributed by atoms with Gasteiger partial charge in [0, 0.05) is 12.7 Å². The number of carbonyl (C=O) groups is 1. The van der Waals surface area contributed by atoms with Crippen molar-refractivity contribution in [3.05, 3.63) is 0 Å². The molecule has 1 heterocycles. The van der Waals surface area contributed by atoms with Gasteiger partial charge in [0.2, 0.25) is 0 Å². The molecule has 1 aliphatic rings. The standard InChI is InChI=1S/C8H16O4Si/c1-6(13(3,4)10-2)7-5-11-8(9)12-7/h6-7H,5H2,1-4H3. The Kier molecular flexibility index (Phi) is 2.97. The summed E-state index contributed by atoms with van der Waals surface area (Å²) < 4.78 is 15.2. The van der Waals surface area contributed by atoms with Crippen LogP contribution in [-0.4, -0.2) is 34.3 Å². The van der Waals surface area contributed by atoms with Crippen LogP contribution in [0.4, 0.5) is 4.79 Å². The molecule has 1 aliphatic heterocycles. The molecule has 1 saturated heterocycles. The van der Waals surface area contributed by atoms with Crippen molar-refractivity contribution in [1.82, 2.24) is 0 Å². The van der Waals surface area contributed by atoms with Gasteiger partial charge in [-0.2, -0.15) is 0 Å². The molecular formula is C8H16O4Si. The molecule has 13 heavy (non-hydrogen) atoms. The summed E-state index contributed by atoms with van der Waals surface area (Å²) in [4.78, 5) is 10.7. The number of cyclic esters (lactones) is 2. The molecule has 2 atom stereocenters. The van der Waals surface area contributed by atoms with Crippen LogP contribution in [0.15, 0.2) is 0 Å². The van der Waals surface area contributed by atoms with Crippen LogP contribution in [0.2, 0.25) is 18.6 Å². The van der Waals surface area contributed by atoms with Crippen molar-refractivity contribution in [2.45, 2.75) is 31.7 Å². The fourth-order valence-electron chi connectivity index (χ4n) is 1.22. The largest absolute Gasteiger partial charge is 0.508 e. The van der Waals surface area contributed by atoms with Crippen molar-refractivity contribution in [3.8, 4) is 0 Å². The van der Waals surface area contributed by atoms with Crippen LogP contribution in [0.3, 0.4) is 0 Å². The van der Waals surface area contributed by atoms with Gasteiger partial charge in [-0.15, -0.1) is 0 Å². The number of ether oxygens (including phenoxy) is 2. The van der Waals surface area contributed by atoms with Crippen LogP contribution in [0.5, 0.6) is 0 Å². The third-order valence-electron chi connectivity index (χ3n) is 2.79. The minimum Gasteiger partial charge on any atom is -0.430 e. The molecule has 2 unspecified atom stereocenters. The minimum absolute atomic E-state index is 0.130. The maximum Gasteiger partial charge on any atom is 0.508 e. The minimum atomic E-state index is -1.73. The lowest BCUT2D eigenvalue weighted by Crippen LogP contribution is -2.40. The van der Waals surface area contributed by atoms with E-state index in [4.69, 9.17) is 13.9 Å². The van der Waals surface area contributed by atoms with E-state index in [0.717, 1.165) is 0 Å². The quantitative estimate of drug-likeness (QED) is 0.519. The van der Waals surface area contributed by atoms with E-state index in [9.17, 15) is 4.79 Å². The monoisotopic (exact) mass is 204 g/mol. The second-order valence-electron chi connectivity index (χ2n) is 3.81. The van der Waals surface area contributed by atoms with Crippen LogP contribution in [0.25, 0.3) is 0 Å². The Morgan fingerprint density at radius 1 is 1.62 bits per heavy atom. The Bertz CT molecular complexity index is 204. The van der Waals surface area contributed by atoms with E-state index in [-0.39, 0.29) is 11.6 Å². The molecule has 0 bridgehead atoms. The highest BCUT2D eigenvalue weighted by Crippen LogP contribution is 2.30. The van der Waals surface area contributed by atoms with Crippen LogP contribution in [-0.2, 0) is 13.9 Å². The van der Waals surface area contributed by atoms with E-state index in [0.29, 0.717) is 6.61 Å². The van der Waals surface area contributed by atoms with Crippen molar-refractivity contribution in [1.29, 1.82) is 0 Å². The molecule has 0 aliphatic carbocycles. The lowest BCUT2D eigenvalue weighted by atomic mass is 10.3. The van der Waals surface area contributed by atoms with Crippen molar-refractivity contribution in [2.24, 2.45) is 0 Å². The van der Waals surface area contributed by atoms with Gasteiger partial charge in [-0.1, -0.05) is 6.92 Å². The third-order valence-corrected chi connectivity index (χ3v) is 6.41. The lowest BCUT2D eigenvalue weighted by Gasteiger charge is -2.29. The third kappa shape index (κ3) is 2.22. The normalized spacial score (nSPS) is 25.2. The predicted octanol–water partition coefficient (Wildman–Crippen LogP) is 1.76. The average molecular weight is 204 g/mol. The fourth-order valence-corrected chi connectivity index (χ4v) is 2.65. The molecule has 5 heteroatoms. The lowest BCUT2D eigenvalue weighted by molar-refractivity contribution is 0.115. The van der Waals surface area contributed by atoms with E-state index in [2.05, 4.69) is 13.1 Å². The summed E-state index contributed by atoms with van der Waals surface area (Å²) in [6, 6.07) is 0. The van der Waals surface area contributed by atoms with Crippen molar-refractivity contribution in [2.75, 3.05) is 13.7 Å². The van der Waals surface area contributed by atoms with Gasteiger partial charge in [-0.3, -0.25) is 0 Å². The Morgan fingerprint density at radius 3 is 2.62 bits per heavy atom. The van der Waals surface area contributed by atoms with Gasteiger partial charge in [0.05, 0.1) is 0 Å². The Balaban J connectivity index is 2.57. The van der Waals surface area contributed by atoms with Crippen LogP contribution in [0.1, 0.15) is 6.92 Å².